The zero-order valence-electron chi connectivity index (χ0n) is 9.07. The maximum atomic E-state index is 9.60. The molecule has 0 amide bonds. The summed E-state index contributed by atoms with van der Waals surface area (Å²) >= 11 is 0. The van der Waals surface area contributed by atoms with E-state index in [0.717, 1.165) is 11.8 Å². The number of aliphatic hydroxyl groups is 1. The number of aliphatic carboxylic acids is 1. The molecule has 1 fully saturated rings. The Morgan fingerprint density at radius 2 is 2.20 bits per heavy atom. The molecule has 2 atom stereocenters. The monoisotopic (exact) mass is 210 g/mol. The second-order valence-corrected chi connectivity index (χ2v) is 4.26. The van der Waals surface area contributed by atoms with Crippen LogP contribution in [0.4, 0.5) is 0 Å². The fourth-order valence-corrected chi connectivity index (χ4v) is 2.13. The highest BCUT2D eigenvalue weighted by Crippen LogP contribution is 2.43. The smallest absolute Gasteiger partial charge is 0.330 e. The van der Waals surface area contributed by atoms with Crippen LogP contribution in [0.3, 0.4) is 0 Å². The number of fused-ring (bicyclic) bond motifs is 2. The number of allylic oxidation sites excluding steroid dienone is 1. The van der Waals surface area contributed by atoms with Gasteiger partial charge in [-0.3, -0.25) is 0 Å². The lowest BCUT2D eigenvalue weighted by molar-refractivity contribution is -0.132. The average molecular weight is 210 g/mol. The van der Waals surface area contributed by atoms with Crippen molar-refractivity contribution >= 4 is 5.97 Å². The zero-order valence-corrected chi connectivity index (χ0v) is 9.07. The first kappa shape index (κ1) is 12.0. The number of carboxylic acid groups (broad SMARTS) is 1. The predicted molar refractivity (Wildman–Crippen MR) is 58.4 cm³/mol. The molecule has 84 valence electrons. The lowest BCUT2D eigenvalue weighted by Gasteiger charge is -2.08. The molecule has 0 aliphatic heterocycles. The molecular weight excluding hydrogens is 192 g/mol. The predicted octanol–water partition coefficient (Wildman–Crippen LogP) is 1.98. The molecular formula is C12H18O3. The Morgan fingerprint density at radius 3 is 2.40 bits per heavy atom. The van der Waals surface area contributed by atoms with Crippen LogP contribution in [0, 0.1) is 11.8 Å². The van der Waals surface area contributed by atoms with Gasteiger partial charge in [0.15, 0.2) is 0 Å². The highest BCUT2D eigenvalue weighted by atomic mass is 16.4. The Bertz CT molecular complexity index is 279. The summed E-state index contributed by atoms with van der Waals surface area (Å²) in [6, 6.07) is 0. The summed E-state index contributed by atoms with van der Waals surface area (Å²) in [5.74, 6) is 0.659. The average Bonchev–Trinajstić information content (AvgIpc) is 2.79. The van der Waals surface area contributed by atoms with E-state index in [9.17, 15) is 4.79 Å². The number of carbonyl (C=O) groups is 1. The minimum atomic E-state index is -0.935. The van der Waals surface area contributed by atoms with Crippen molar-refractivity contribution in [3.8, 4) is 0 Å². The van der Waals surface area contributed by atoms with E-state index < -0.39 is 5.97 Å². The van der Waals surface area contributed by atoms with E-state index in [1.165, 1.54) is 31.8 Å². The quantitative estimate of drug-likeness (QED) is 0.541. The molecule has 2 bridgehead atoms. The van der Waals surface area contributed by atoms with Gasteiger partial charge in [0.25, 0.3) is 0 Å². The molecule has 0 heterocycles. The molecule has 3 heteroatoms. The molecule has 0 aromatic heterocycles. The van der Waals surface area contributed by atoms with E-state index in [0.29, 0.717) is 6.61 Å². The van der Waals surface area contributed by atoms with Gasteiger partial charge < -0.3 is 10.2 Å². The molecule has 0 saturated heterocycles. The Hall–Kier alpha value is -1.09. The first-order valence-electron chi connectivity index (χ1n) is 5.24. The maximum absolute atomic E-state index is 9.60. The van der Waals surface area contributed by atoms with Gasteiger partial charge in [-0.1, -0.05) is 12.7 Å². The lowest BCUT2D eigenvalue weighted by Crippen LogP contribution is -2.00. The summed E-state index contributed by atoms with van der Waals surface area (Å²) in [6.45, 7) is 4.91. The van der Waals surface area contributed by atoms with Gasteiger partial charge in [-0.05, 0) is 43.6 Å². The van der Waals surface area contributed by atoms with Crippen LogP contribution in [0.5, 0.6) is 0 Å². The Balaban J connectivity index is 0.000000167. The van der Waals surface area contributed by atoms with Crippen LogP contribution in [-0.2, 0) is 4.79 Å². The number of rotatable bonds is 2. The van der Waals surface area contributed by atoms with Crippen LogP contribution in [0.15, 0.2) is 23.8 Å². The lowest BCUT2D eigenvalue weighted by atomic mass is 10.00. The number of aliphatic hydroxyl groups excluding tert-OH is 1. The molecule has 0 aromatic rings. The van der Waals surface area contributed by atoms with Crippen molar-refractivity contribution < 1.29 is 15.0 Å². The summed E-state index contributed by atoms with van der Waals surface area (Å²) in [5, 5.41) is 16.7. The van der Waals surface area contributed by atoms with E-state index in [-0.39, 0.29) is 5.57 Å². The first-order chi connectivity index (χ1) is 7.04. The van der Waals surface area contributed by atoms with E-state index >= 15 is 0 Å². The largest absolute Gasteiger partial charge is 0.478 e. The highest BCUT2D eigenvalue weighted by Gasteiger charge is 2.31. The van der Waals surface area contributed by atoms with Gasteiger partial charge in [0.05, 0.1) is 6.61 Å². The van der Waals surface area contributed by atoms with Gasteiger partial charge in [-0.2, -0.15) is 0 Å². The Labute approximate surface area is 90.1 Å². The number of hydrogen-bond acceptors (Lipinski definition) is 2. The van der Waals surface area contributed by atoms with E-state index in [4.69, 9.17) is 10.2 Å². The van der Waals surface area contributed by atoms with Crippen molar-refractivity contribution in [3.05, 3.63) is 23.8 Å². The SMILES string of the molecule is C=C(C)C(=O)O.OCC1=CC2CCC1C2. The summed E-state index contributed by atoms with van der Waals surface area (Å²) in [5.41, 5.74) is 1.49. The molecule has 2 N–H and O–H groups in total. The molecule has 0 spiro atoms. The Morgan fingerprint density at radius 1 is 1.60 bits per heavy atom. The molecule has 15 heavy (non-hydrogen) atoms. The topological polar surface area (TPSA) is 57.5 Å². The summed E-state index contributed by atoms with van der Waals surface area (Å²) in [7, 11) is 0. The van der Waals surface area contributed by atoms with Crippen molar-refractivity contribution in [1.29, 1.82) is 0 Å². The van der Waals surface area contributed by atoms with Crippen LogP contribution < -0.4 is 0 Å². The van der Waals surface area contributed by atoms with Crippen molar-refractivity contribution in [2.45, 2.75) is 26.2 Å². The van der Waals surface area contributed by atoms with Crippen LogP contribution in [0.25, 0.3) is 0 Å². The first-order valence-corrected chi connectivity index (χ1v) is 5.24. The standard InChI is InChI=1S/C8H12O.C4H6O2/c9-5-8-4-6-1-2-7(8)3-6;1-3(2)4(5)6/h4,6-7,9H,1-3,5H2;1H2,2H3,(H,5,6). The van der Waals surface area contributed by atoms with Gasteiger partial charge in [0, 0.05) is 5.57 Å². The van der Waals surface area contributed by atoms with Crippen LogP contribution >= 0.6 is 0 Å². The zero-order chi connectivity index (χ0) is 11.4. The summed E-state index contributed by atoms with van der Waals surface area (Å²) in [4.78, 5) is 9.60. The van der Waals surface area contributed by atoms with E-state index in [1.807, 2.05) is 0 Å². The van der Waals surface area contributed by atoms with Gasteiger partial charge in [0.2, 0.25) is 0 Å². The van der Waals surface area contributed by atoms with Crippen molar-refractivity contribution in [3.63, 3.8) is 0 Å². The molecule has 2 aliphatic rings. The molecule has 2 aliphatic carbocycles. The third kappa shape index (κ3) is 3.20. The third-order valence-electron chi connectivity index (χ3n) is 3.00. The van der Waals surface area contributed by atoms with Gasteiger partial charge in [-0.15, -0.1) is 0 Å². The fraction of sp³-hybridized carbons (Fsp3) is 0.583. The van der Waals surface area contributed by atoms with Gasteiger partial charge in [-0.25, -0.2) is 4.79 Å². The minimum absolute atomic E-state index is 0.176. The van der Waals surface area contributed by atoms with Crippen molar-refractivity contribution in [1.82, 2.24) is 0 Å². The fourth-order valence-electron chi connectivity index (χ4n) is 2.13. The van der Waals surface area contributed by atoms with E-state index in [2.05, 4.69) is 12.7 Å². The Kier molecular flexibility index (Phi) is 4.09. The molecule has 1 saturated carbocycles. The van der Waals surface area contributed by atoms with Crippen LogP contribution in [0.1, 0.15) is 26.2 Å². The van der Waals surface area contributed by atoms with Gasteiger partial charge >= 0.3 is 5.97 Å². The second kappa shape index (κ2) is 5.12. The van der Waals surface area contributed by atoms with Gasteiger partial charge in [0.1, 0.15) is 0 Å². The van der Waals surface area contributed by atoms with Crippen LogP contribution in [0.2, 0.25) is 0 Å². The normalized spacial score (nSPS) is 26.7. The van der Waals surface area contributed by atoms with Crippen molar-refractivity contribution in [2.24, 2.45) is 11.8 Å². The maximum Gasteiger partial charge on any atom is 0.330 e. The van der Waals surface area contributed by atoms with Crippen LogP contribution in [-0.4, -0.2) is 22.8 Å². The molecule has 2 rings (SSSR count). The minimum Gasteiger partial charge on any atom is -0.478 e. The molecule has 3 nitrogen and oxygen atoms in total. The number of carboxylic acids is 1. The van der Waals surface area contributed by atoms with Crippen molar-refractivity contribution in [2.75, 3.05) is 6.61 Å². The molecule has 2 unspecified atom stereocenters. The summed E-state index contributed by atoms with van der Waals surface area (Å²) in [6.07, 6.45) is 6.30. The number of hydrogen-bond donors (Lipinski definition) is 2. The third-order valence-corrected chi connectivity index (χ3v) is 3.00. The van der Waals surface area contributed by atoms with E-state index in [1.54, 1.807) is 0 Å². The highest BCUT2D eigenvalue weighted by molar-refractivity contribution is 5.84. The summed E-state index contributed by atoms with van der Waals surface area (Å²) < 4.78 is 0. The molecule has 0 radical (unpaired) electrons. The second-order valence-electron chi connectivity index (χ2n) is 4.26. The molecule has 0 aromatic carbocycles.